The van der Waals surface area contributed by atoms with Gasteiger partial charge in [-0.25, -0.2) is 4.98 Å². The molecule has 0 radical (unpaired) electrons. The molecular formula is C14H14ClN3S. The Morgan fingerprint density at radius 1 is 1.42 bits per heavy atom. The molecule has 0 aliphatic rings. The van der Waals surface area contributed by atoms with E-state index in [0.29, 0.717) is 22.4 Å². The Bertz CT molecular complexity index is 613. The number of thiocarbonyl (C=S) groups is 1. The summed E-state index contributed by atoms with van der Waals surface area (Å²) in [4.78, 5) is 4.63. The van der Waals surface area contributed by atoms with Gasteiger partial charge in [0.25, 0.3) is 0 Å². The molecule has 2 aromatic rings. The van der Waals surface area contributed by atoms with E-state index < -0.39 is 0 Å². The Balaban J connectivity index is 2.20. The van der Waals surface area contributed by atoms with E-state index >= 15 is 0 Å². The van der Waals surface area contributed by atoms with Crippen LogP contribution in [0, 0.1) is 6.92 Å². The summed E-state index contributed by atoms with van der Waals surface area (Å²) in [6, 6.07) is 9.55. The Hall–Kier alpha value is -1.65. The minimum atomic E-state index is 0.346. The Morgan fingerprint density at radius 2 is 2.21 bits per heavy atom. The lowest BCUT2D eigenvalue weighted by molar-refractivity contribution is 1.10. The number of pyridine rings is 1. The highest BCUT2D eigenvalue weighted by atomic mass is 35.5. The number of anilines is 1. The van der Waals surface area contributed by atoms with Crippen LogP contribution in [0.4, 0.5) is 5.82 Å². The normalized spacial score (nSPS) is 10.2. The predicted octanol–water partition coefficient (Wildman–Crippen LogP) is 3.29. The molecule has 1 aromatic carbocycles. The van der Waals surface area contributed by atoms with Gasteiger partial charge >= 0.3 is 0 Å². The zero-order chi connectivity index (χ0) is 13.8. The molecule has 2 rings (SSSR count). The van der Waals surface area contributed by atoms with Crippen LogP contribution in [-0.4, -0.2) is 9.97 Å². The molecule has 3 N–H and O–H groups in total. The van der Waals surface area contributed by atoms with Crippen molar-refractivity contribution in [2.45, 2.75) is 13.5 Å². The SMILES string of the molecule is Cc1ccnc(NCc2cccc(Cl)c2)c1C(N)=S. The molecule has 0 unspecified atom stereocenters. The molecule has 0 atom stereocenters. The molecule has 3 nitrogen and oxygen atoms in total. The molecule has 1 heterocycles. The summed E-state index contributed by atoms with van der Waals surface area (Å²) in [5, 5.41) is 3.96. The summed E-state index contributed by atoms with van der Waals surface area (Å²) in [5.41, 5.74) is 8.61. The number of nitrogens with one attached hydrogen (secondary N) is 1. The maximum Gasteiger partial charge on any atom is 0.136 e. The van der Waals surface area contributed by atoms with Gasteiger partial charge in [-0.2, -0.15) is 0 Å². The predicted molar refractivity (Wildman–Crippen MR) is 83.6 cm³/mol. The van der Waals surface area contributed by atoms with Crippen molar-refractivity contribution in [1.82, 2.24) is 4.98 Å². The van der Waals surface area contributed by atoms with Crippen molar-refractivity contribution in [3.8, 4) is 0 Å². The molecule has 1 aromatic heterocycles. The summed E-state index contributed by atoms with van der Waals surface area (Å²) < 4.78 is 0. The van der Waals surface area contributed by atoms with Gasteiger partial charge in [-0.15, -0.1) is 0 Å². The molecule has 98 valence electrons. The number of aromatic nitrogens is 1. The topological polar surface area (TPSA) is 50.9 Å². The second-order valence-electron chi connectivity index (χ2n) is 4.20. The summed E-state index contributed by atoms with van der Waals surface area (Å²) in [6.45, 7) is 2.58. The number of benzene rings is 1. The molecule has 19 heavy (non-hydrogen) atoms. The third kappa shape index (κ3) is 3.43. The maximum absolute atomic E-state index is 5.95. The number of rotatable bonds is 4. The van der Waals surface area contributed by atoms with Gasteiger partial charge < -0.3 is 11.1 Å². The molecule has 0 aliphatic heterocycles. The minimum absolute atomic E-state index is 0.346. The van der Waals surface area contributed by atoms with Gasteiger partial charge in [-0.05, 0) is 36.2 Å². The lowest BCUT2D eigenvalue weighted by Gasteiger charge is -2.12. The molecule has 0 amide bonds. The number of halogens is 1. The lowest BCUT2D eigenvalue weighted by Crippen LogP contribution is -2.16. The second-order valence-corrected chi connectivity index (χ2v) is 5.08. The quantitative estimate of drug-likeness (QED) is 0.849. The van der Waals surface area contributed by atoms with Crippen LogP contribution in [0.5, 0.6) is 0 Å². The van der Waals surface area contributed by atoms with Crippen LogP contribution in [-0.2, 0) is 6.54 Å². The van der Waals surface area contributed by atoms with Gasteiger partial charge in [0.1, 0.15) is 10.8 Å². The molecule has 0 aliphatic carbocycles. The summed E-state index contributed by atoms with van der Waals surface area (Å²) >= 11 is 11.0. The van der Waals surface area contributed by atoms with Gasteiger partial charge in [-0.1, -0.05) is 36.0 Å². The number of hydrogen-bond acceptors (Lipinski definition) is 3. The van der Waals surface area contributed by atoms with Crippen LogP contribution in [0.1, 0.15) is 16.7 Å². The molecule has 0 bridgehead atoms. The van der Waals surface area contributed by atoms with Crippen LogP contribution < -0.4 is 11.1 Å². The first-order valence-corrected chi connectivity index (χ1v) is 6.60. The fourth-order valence-electron chi connectivity index (χ4n) is 1.84. The standard InChI is InChI=1S/C14H14ClN3S/c1-9-5-6-17-14(12(9)13(16)19)18-8-10-3-2-4-11(15)7-10/h2-7H,8H2,1H3,(H2,16,19)(H,17,18). The van der Waals surface area contributed by atoms with E-state index in [1.54, 1.807) is 6.20 Å². The van der Waals surface area contributed by atoms with E-state index in [9.17, 15) is 0 Å². The highest BCUT2D eigenvalue weighted by Gasteiger charge is 2.09. The Morgan fingerprint density at radius 3 is 2.89 bits per heavy atom. The molecule has 0 spiro atoms. The van der Waals surface area contributed by atoms with E-state index in [0.717, 1.165) is 16.7 Å². The fraction of sp³-hybridized carbons (Fsp3) is 0.143. The van der Waals surface area contributed by atoms with E-state index in [1.165, 1.54) is 0 Å². The van der Waals surface area contributed by atoms with Crippen molar-refractivity contribution in [1.29, 1.82) is 0 Å². The van der Waals surface area contributed by atoms with Crippen LogP contribution in [0.3, 0.4) is 0 Å². The van der Waals surface area contributed by atoms with E-state index in [-0.39, 0.29) is 0 Å². The first kappa shape index (κ1) is 13.8. The molecular weight excluding hydrogens is 278 g/mol. The highest BCUT2D eigenvalue weighted by Crippen LogP contribution is 2.18. The van der Waals surface area contributed by atoms with E-state index in [2.05, 4.69) is 10.3 Å². The Kier molecular flexibility index (Phi) is 4.35. The van der Waals surface area contributed by atoms with Crippen LogP contribution >= 0.6 is 23.8 Å². The zero-order valence-electron chi connectivity index (χ0n) is 10.5. The highest BCUT2D eigenvalue weighted by molar-refractivity contribution is 7.80. The zero-order valence-corrected chi connectivity index (χ0v) is 12.1. The van der Waals surface area contributed by atoms with Crippen molar-refractivity contribution in [3.05, 3.63) is 58.2 Å². The van der Waals surface area contributed by atoms with E-state index in [1.807, 2.05) is 37.3 Å². The largest absolute Gasteiger partial charge is 0.389 e. The summed E-state index contributed by atoms with van der Waals surface area (Å²) in [5.74, 6) is 0.701. The number of nitrogens with zero attached hydrogens (tertiary/aromatic N) is 1. The maximum atomic E-state index is 5.95. The van der Waals surface area contributed by atoms with Gasteiger partial charge in [0.05, 0.1) is 5.56 Å². The van der Waals surface area contributed by atoms with Crippen LogP contribution in [0.25, 0.3) is 0 Å². The average molecular weight is 292 g/mol. The minimum Gasteiger partial charge on any atom is -0.389 e. The van der Waals surface area contributed by atoms with Crippen molar-refractivity contribution in [2.75, 3.05) is 5.32 Å². The third-order valence-electron chi connectivity index (χ3n) is 2.75. The molecule has 0 saturated heterocycles. The van der Waals surface area contributed by atoms with Crippen molar-refractivity contribution >= 4 is 34.6 Å². The summed E-state index contributed by atoms with van der Waals surface area (Å²) in [6.07, 6.45) is 1.73. The van der Waals surface area contributed by atoms with Crippen molar-refractivity contribution in [2.24, 2.45) is 5.73 Å². The van der Waals surface area contributed by atoms with Crippen LogP contribution in [0.15, 0.2) is 36.5 Å². The number of aryl methyl sites for hydroxylation is 1. The average Bonchev–Trinajstić information content (AvgIpc) is 2.36. The van der Waals surface area contributed by atoms with Gasteiger partial charge in [0, 0.05) is 17.8 Å². The van der Waals surface area contributed by atoms with Gasteiger partial charge in [0.15, 0.2) is 0 Å². The fourth-order valence-corrected chi connectivity index (χ4v) is 2.31. The van der Waals surface area contributed by atoms with Gasteiger partial charge in [0.2, 0.25) is 0 Å². The smallest absolute Gasteiger partial charge is 0.136 e. The molecule has 5 heteroatoms. The first-order valence-electron chi connectivity index (χ1n) is 5.81. The van der Waals surface area contributed by atoms with Gasteiger partial charge in [-0.3, -0.25) is 0 Å². The second kappa shape index (κ2) is 5.99. The van der Waals surface area contributed by atoms with Crippen molar-refractivity contribution < 1.29 is 0 Å². The number of hydrogen-bond donors (Lipinski definition) is 2. The Labute approximate surface area is 122 Å². The van der Waals surface area contributed by atoms with Crippen LogP contribution in [0.2, 0.25) is 5.02 Å². The molecule has 0 saturated carbocycles. The van der Waals surface area contributed by atoms with E-state index in [4.69, 9.17) is 29.6 Å². The summed E-state index contributed by atoms with van der Waals surface area (Å²) in [7, 11) is 0. The first-order chi connectivity index (χ1) is 9.08. The monoisotopic (exact) mass is 291 g/mol. The van der Waals surface area contributed by atoms with Crippen molar-refractivity contribution in [3.63, 3.8) is 0 Å². The molecule has 0 fully saturated rings. The lowest BCUT2D eigenvalue weighted by atomic mass is 10.1. The third-order valence-corrected chi connectivity index (χ3v) is 3.19. The number of nitrogens with two attached hydrogens (primary N) is 1.